The summed E-state index contributed by atoms with van der Waals surface area (Å²) in [5.41, 5.74) is 3.46. The molecule has 0 spiro atoms. The molecule has 0 amide bonds. The van der Waals surface area contributed by atoms with Crippen molar-refractivity contribution in [1.82, 2.24) is 0 Å². The predicted octanol–water partition coefficient (Wildman–Crippen LogP) is 3.50. The number of hydrogen-bond donors (Lipinski definition) is 1. The Morgan fingerprint density at radius 2 is 1.94 bits per heavy atom. The molecule has 0 saturated carbocycles. The number of aryl methyl sites for hydroxylation is 2. The highest BCUT2D eigenvalue weighted by Gasteiger charge is 2.10. The molecule has 18 heavy (non-hydrogen) atoms. The third-order valence-electron chi connectivity index (χ3n) is 2.96. The molecule has 3 nitrogen and oxygen atoms in total. The molecule has 1 aromatic carbocycles. The molecule has 0 unspecified atom stereocenters. The third-order valence-corrected chi connectivity index (χ3v) is 2.96. The average Bonchev–Trinajstić information content (AvgIpc) is 2.32. The first kappa shape index (κ1) is 14.6. The van der Waals surface area contributed by atoms with Crippen LogP contribution in [0.15, 0.2) is 12.1 Å². The molecule has 0 aliphatic carbocycles. The van der Waals surface area contributed by atoms with Gasteiger partial charge in [-0.1, -0.05) is 19.1 Å². The minimum absolute atomic E-state index is 0.209. The van der Waals surface area contributed by atoms with Crippen LogP contribution in [0, 0.1) is 13.8 Å². The Morgan fingerprint density at radius 3 is 2.56 bits per heavy atom. The van der Waals surface area contributed by atoms with E-state index >= 15 is 0 Å². The van der Waals surface area contributed by atoms with Crippen LogP contribution in [0.5, 0.6) is 5.75 Å². The van der Waals surface area contributed by atoms with Crippen molar-refractivity contribution in [3.8, 4) is 5.75 Å². The lowest BCUT2D eigenvalue weighted by Crippen LogP contribution is -2.04. The van der Waals surface area contributed by atoms with Gasteiger partial charge in [0.05, 0.1) is 6.61 Å². The van der Waals surface area contributed by atoms with Gasteiger partial charge in [0.2, 0.25) is 0 Å². The summed E-state index contributed by atoms with van der Waals surface area (Å²) in [6, 6.07) is 4.13. The Morgan fingerprint density at radius 1 is 1.28 bits per heavy atom. The van der Waals surface area contributed by atoms with Crippen molar-refractivity contribution < 1.29 is 14.6 Å². The smallest absolute Gasteiger partial charge is 0.303 e. The molecule has 3 heteroatoms. The molecule has 1 N–H and O–H groups in total. The van der Waals surface area contributed by atoms with Crippen LogP contribution in [0.25, 0.3) is 0 Å². The van der Waals surface area contributed by atoms with Gasteiger partial charge in [-0.05, 0) is 49.8 Å². The first-order valence-corrected chi connectivity index (χ1v) is 6.50. The van der Waals surface area contributed by atoms with E-state index in [9.17, 15) is 4.79 Å². The van der Waals surface area contributed by atoms with Gasteiger partial charge in [0.1, 0.15) is 5.75 Å². The number of carboxylic acid groups (broad SMARTS) is 1. The Balaban J connectivity index is 2.85. The lowest BCUT2D eigenvalue weighted by molar-refractivity contribution is -0.137. The van der Waals surface area contributed by atoms with Gasteiger partial charge in [0.25, 0.3) is 0 Å². The standard InChI is InChI=1S/C15H22O3/c1-4-10-18-15-12(3)9-8-11(2)13(15)6-5-7-14(16)17/h8-9H,4-7,10H2,1-3H3,(H,16,17). The van der Waals surface area contributed by atoms with Gasteiger partial charge in [0, 0.05) is 6.42 Å². The van der Waals surface area contributed by atoms with E-state index < -0.39 is 5.97 Å². The molecule has 0 radical (unpaired) electrons. The number of benzene rings is 1. The van der Waals surface area contributed by atoms with E-state index in [1.165, 1.54) is 5.56 Å². The van der Waals surface area contributed by atoms with E-state index in [-0.39, 0.29) is 6.42 Å². The van der Waals surface area contributed by atoms with Crippen molar-refractivity contribution in [2.24, 2.45) is 0 Å². The molecule has 0 saturated heterocycles. The van der Waals surface area contributed by atoms with Crippen LogP contribution in [0.3, 0.4) is 0 Å². The molecule has 0 aliphatic heterocycles. The average molecular weight is 250 g/mol. The largest absolute Gasteiger partial charge is 0.493 e. The number of carboxylic acids is 1. The second kappa shape index (κ2) is 7.04. The Kier molecular flexibility index (Phi) is 5.69. The highest BCUT2D eigenvalue weighted by atomic mass is 16.5. The van der Waals surface area contributed by atoms with Crippen molar-refractivity contribution in [3.05, 3.63) is 28.8 Å². The summed E-state index contributed by atoms with van der Waals surface area (Å²) in [5, 5.41) is 8.69. The van der Waals surface area contributed by atoms with Crippen molar-refractivity contribution in [3.63, 3.8) is 0 Å². The summed E-state index contributed by atoms with van der Waals surface area (Å²) < 4.78 is 5.81. The molecule has 100 valence electrons. The van der Waals surface area contributed by atoms with Crippen molar-refractivity contribution in [1.29, 1.82) is 0 Å². The van der Waals surface area contributed by atoms with Crippen LogP contribution in [0.1, 0.15) is 42.9 Å². The minimum Gasteiger partial charge on any atom is -0.493 e. The van der Waals surface area contributed by atoms with Gasteiger partial charge in [0.15, 0.2) is 0 Å². The normalized spacial score (nSPS) is 10.4. The summed E-state index contributed by atoms with van der Waals surface area (Å²) >= 11 is 0. The molecule has 0 bridgehead atoms. The van der Waals surface area contributed by atoms with Crippen molar-refractivity contribution in [2.45, 2.75) is 46.5 Å². The number of aliphatic carboxylic acids is 1. The maximum Gasteiger partial charge on any atom is 0.303 e. The van der Waals surface area contributed by atoms with E-state index in [2.05, 4.69) is 19.1 Å². The van der Waals surface area contributed by atoms with Crippen LogP contribution in [0.4, 0.5) is 0 Å². The molecule has 0 atom stereocenters. The fourth-order valence-corrected chi connectivity index (χ4v) is 1.98. The minimum atomic E-state index is -0.740. The summed E-state index contributed by atoms with van der Waals surface area (Å²) in [7, 11) is 0. The van der Waals surface area contributed by atoms with Gasteiger partial charge in [-0.2, -0.15) is 0 Å². The highest BCUT2D eigenvalue weighted by Crippen LogP contribution is 2.28. The second-order valence-electron chi connectivity index (χ2n) is 4.60. The fraction of sp³-hybridized carbons (Fsp3) is 0.533. The SMILES string of the molecule is CCCOc1c(C)ccc(C)c1CCCC(=O)O. The quantitative estimate of drug-likeness (QED) is 0.805. The van der Waals surface area contributed by atoms with Crippen LogP contribution in [0.2, 0.25) is 0 Å². The zero-order valence-electron chi connectivity index (χ0n) is 11.5. The van der Waals surface area contributed by atoms with Crippen LogP contribution in [-0.4, -0.2) is 17.7 Å². The van der Waals surface area contributed by atoms with E-state index in [0.29, 0.717) is 13.0 Å². The fourth-order valence-electron chi connectivity index (χ4n) is 1.98. The van der Waals surface area contributed by atoms with E-state index in [1.807, 2.05) is 13.8 Å². The topological polar surface area (TPSA) is 46.5 Å². The monoisotopic (exact) mass is 250 g/mol. The highest BCUT2D eigenvalue weighted by molar-refractivity contribution is 5.66. The molecule has 0 heterocycles. The van der Waals surface area contributed by atoms with Crippen molar-refractivity contribution in [2.75, 3.05) is 6.61 Å². The first-order chi connectivity index (χ1) is 8.56. The lowest BCUT2D eigenvalue weighted by Gasteiger charge is -2.16. The maximum atomic E-state index is 10.6. The van der Waals surface area contributed by atoms with Gasteiger partial charge >= 0.3 is 5.97 Å². The second-order valence-corrected chi connectivity index (χ2v) is 4.60. The zero-order chi connectivity index (χ0) is 13.5. The molecular weight excluding hydrogens is 228 g/mol. The number of carbonyl (C=O) groups is 1. The first-order valence-electron chi connectivity index (χ1n) is 6.50. The number of hydrogen-bond acceptors (Lipinski definition) is 2. The Labute approximate surface area is 109 Å². The van der Waals surface area contributed by atoms with Gasteiger partial charge in [-0.25, -0.2) is 0 Å². The van der Waals surface area contributed by atoms with Crippen molar-refractivity contribution >= 4 is 5.97 Å². The van der Waals surface area contributed by atoms with E-state index in [1.54, 1.807) is 0 Å². The van der Waals surface area contributed by atoms with Crippen LogP contribution >= 0.6 is 0 Å². The summed E-state index contributed by atoms with van der Waals surface area (Å²) in [6.45, 7) is 6.87. The Bertz CT molecular complexity index is 410. The summed E-state index contributed by atoms with van der Waals surface area (Å²) in [5.74, 6) is 0.207. The summed E-state index contributed by atoms with van der Waals surface area (Å²) in [6.07, 6.45) is 2.60. The molecule has 0 aliphatic rings. The van der Waals surface area contributed by atoms with Crippen LogP contribution in [-0.2, 0) is 11.2 Å². The van der Waals surface area contributed by atoms with Gasteiger partial charge in [-0.15, -0.1) is 0 Å². The maximum absolute atomic E-state index is 10.6. The zero-order valence-corrected chi connectivity index (χ0v) is 11.5. The number of rotatable bonds is 7. The molecule has 1 rings (SSSR count). The Hall–Kier alpha value is -1.51. The number of ether oxygens (including phenoxy) is 1. The van der Waals surface area contributed by atoms with Gasteiger partial charge in [-0.3, -0.25) is 4.79 Å². The lowest BCUT2D eigenvalue weighted by atomic mass is 9.99. The molecule has 1 aromatic rings. The molecule has 0 aromatic heterocycles. The van der Waals surface area contributed by atoms with Crippen LogP contribution < -0.4 is 4.74 Å². The third kappa shape index (κ3) is 4.06. The van der Waals surface area contributed by atoms with E-state index in [4.69, 9.17) is 9.84 Å². The summed E-state index contributed by atoms with van der Waals surface area (Å²) in [4.78, 5) is 10.6. The molecule has 0 fully saturated rings. The van der Waals surface area contributed by atoms with Gasteiger partial charge < -0.3 is 9.84 Å². The van der Waals surface area contributed by atoms with E-state index in [0.717, 1.165) is 29.7 Å². The molecular formula is C15H22O3. The predicted molar refractivity (Wildman–Crippen MR) is 72.3 cm³/mol.